The van der Waals surface area contributed by atoms with E-state index >= 15 is 0 Å². The molecule has 1 amide bonds. The van der Waals surface area contributed by atoms with Gasteiger partial charge >= 0.3 is 6.09 Å². The zero-order valence-electron chi connectivity index (χ0n) is 12.8. The van der Waals surface area contributed by atoms with Gasteiger partial charge < -0.3 is 15.0 Å². The van der Waals surface area contributed by atoms with Crippen LogP contribution in [0.1, 0.15) is 26.3 Å². The highest BCUT2D eigenvalue weighted by atomic mass is 16.6. The maximum absolute atomic E-state index is 11.5. The van der Waals surface area contributed by atoms with Gasteiger partial charge in [-0.1, -0.05) is 29.7 Å². The fourth-order valence-corrected chi connectivity index (χ4v) is 1.75. The normalized spacial score (nSPS) is 11.4. The summed E-state index contributed by atoms with van der Waals surface area (Å²) in [4.78, 5) is 13.6. The summed E-state index contributed by atoms with van der Waals surface area (Å²) in [6, 6.07) is 7.80. The average molecular weight is 274 g/mol. The molecular weight excluding hydrogens is 251 g/mol. The van der Waals surface area contributed by atoms with Crippen molar-refractivity contribution in [2.45, 2.75) is 32.9 Å². The Labute approximate surface area is 122 Å². The van der Waals surface area contributed by atoms with Crippen LogP contribution in [0.25, 0.3) is 0 Å². The van der Waals surface area contributed by atoms with Crippen LogP contribution in [0.4, 0.5) is 4.79 Å². The van der Waals surface area contributed by atoms with Crippen molar-refractivity contribution in [1.29, 1.82) is 0 Å². The zero-order valence-corrected chi connectivity index (χ0v) is 12.8. The summed E-state index contributed by atoms with van der Waals surface area (Å²) >= 11 is 0. The van der Waals surface area contributed by atoms with Crippen LogP contribution >= 0.6 is 0 Å². The van der Waals surface area contributed by atoms with E-state index in [2.05, 4.69) is 10.2 Å². The molecule has 1 aromatic rings. The summed E-state index contributed by atoms with van der Waals surface area (Å²) in [5.74, 6) is 0. The molecule has 5 heteroatoms. The molecule has 1 N–H and O–H groups in total. The van der Waals surface area contributed by atoms with E-state index in [0.717, 1.165) is 24.1 Å². The molecule has 0 aliphatic rings. The molecule has 0 aromatic heterocycles. The van der Waals surface area contributed by atoms with E-state index in [1.54, 1.807) is 0 Å². The lowest BCUT2D eigenvalue weighted by Crippen LogP contribution is -2.36. The van der Waals surface area contributed by atoms with Crippen molar-refractivity contribution in [1.82, 2.24) is 10.2 Å². The molecule has 0 atom stereocenters. The van der Waals surface area contributed by atoms with Crippen LogP contribution in [0.15, 0.2) is 24.3 Å². The highest BCUT2D eigenvalue weighted by Gasteiger charge is 2.15. The molecule has 4 nitrogen and oxygen atoms in total. The third kappa shape index (κ3) is 7.19. The van der Waals surface area contributed by atoms with Gasteiger partial charge in [0.2, 0.25) is 0 Å². The van der Waals surface area contributed by atoms with Crippen LogP contribution in [-0.2, 0) is 11.3 Å². The second-order valence-corrected chi connectivity index (χ2v) is 5.91. The number of hydrogen-bond acceptors (Lipinski definition) is 3. The van der Waals surface area contributed by atoms with Crippen molar-refractivity contribution in [3.63, 3.8) is 0 Å². The lowest BCUT2D eigenvalue weighted by Gasteiger charge is -2.21. The molecule has 0 saturated heterocycles. The molecule has 0 heterocycles. The number of ether oxygens (including phenoxy) is 1. The second-order valence-electron chi connectivity index (χ2n) is 5.91. The van der Waals surface area contributed by atoms with Gasteiger partial charge in [0.15, 0.2) is 0 Å². The van der Waals surface area contributed by atoms with Gasteiger partial charge in [0, 0.05) is 19.6 Å². The van der Waals surface area contributed by atoms with E-state index in [0.29, 0.717) is 6.54 Å². The van der Waals surface area contributed by atoms with Gasteiger partial charge in [-0.3, -0.25) is 0 Å². The maximum Gasteiger partial charge on any atom is 0.407 e. The highest BCUT2D eigenvalue weighted by molar-refractivity contribution is 6.32. The number of nitrogens with zero attached hydrogens (tertiary/aromatic N) is 1. The van der Waals surface area contributed by atoms with Crippen LogP contribution in [-0.4, -0.2) is 44.6 Å². The molecule has 2 radical (unpaired) electrons. The van der Waals surface area contributed by atoms with Crippen LogP contribution in [0.2, 0.25) is 0 Å². The quantitative estimate of drug-likeness (QED) is 0.826. The summed E-state index contributed by atoms with van der Waals surface area (Å²) in [7, 11) is 7.74. The van der Waals surface area contributed by atoms with Gasteiger partial charge in [0.25, 0.3) is 0 Å². The van der Waals surface area contributed by atoms with Crippen molar-refractivity contribution < 1.29 is 9.53 Å². The molecular formula is C15H23BN2O2. The fraction of sp³-hybridized carbons (Fsp3) is 0.533. The molecule has 108 valence electrons. The van der Waals surface area contributed by atoms with E-state index in [-0.39, 0.29) is 6.09 Å². The van der Waals surface area contributed by atoms with E-state index in [1.807, 2.05) is 52.1 Å². The highest BCUT2D eigenvalue weighted by Crippen LogP contribution is 2.06. The molecule has 20 heavy (non-hydrogen) atoms. The number of rotatable bonds is 5. The minimum Gasteiger partial charge on any atom is -0.444 e. The first-order chi connectivity index (χ1) is 9.26. The molecule has 1 rings (SSSR count). The number of carbonyl (C=O) groups is 1. The number of amides is 1. The number of carbonyl (C=O) groups excluding carboxylic acids is 1. The van der Waals surface area contributed by atoms with Crippen LogP contribution in [0.3, 0.4) is 0 Å². The Morgan fingerprint density at radius 1 is 1.40 bits per heavy atom. The minimum atomic E-state index is -0.461. The Balaban J connectivity index is 2.27. The van der Waals surface area contributed by atoms with Crippen molar-refractivity contribution in [3.05, 3.63) is 29.8 Å². The number of likely N-dealkylation sites (N-methyl/N-ethyl adjacent to an activating group) is 1. The Hall–Kier alpha value is -1.49. The molecule has 0 spiro atoms. The largest absolute Gasteiger partial charge is 0.444 e. The van der Waals surface area contributed by atoms with Crippen LogP contribution in [0, 0.1) is 0 Å². The number of hydrogen-bond donors (Lipinski definition) is 1. The summed E-state index contributed by atoms with van der Waals surface area (Å²) in [5.41, 5.74) is 1.46. The lowest BCUT2D eigenvalue weighted by atomic mass is 9.94. The topological polar surface area (TPSA) is 41.6 Å². The second kappa shape index (κ2) is 7.34. The monoisotopic (exact) mass is 274 g/mol. The van der Waals surface area contributed by atoms with Gasteiger partial charge in [-0.15, -0.1) is 0 Å². The van der Waals surface area contributed by atoms with Crippen molar-refractivity contribution in [2.24, 2.45) is 0 Å². The van der Waals surface area contributed by atoms with E-state index in [4.69, 9.17) is 12.6 Å². The standard InChI is InChI=1S/C15H23BN2O2/c1-15(2,3)20-14(19)17-8-9-18(4)11-12-6-5-7-13(16)10-12/h5-7,10H,8-9,11H2,1-4H3,(H,17,19). The smallest absolute Gasteiger partial charge is 0.407 e. The van der Waals surface area contributed by atoms with Gasteiger partial charge in [-0.05, 0) is 33.4 Å². The molecule has 0 bridgehead atoms. The predicted molar refractivity (Wildman–Crippen MR) is 82.4 cm³/mol. The maximum atomic E-state index is 11.5. The number of nitrogens with one attached hydrogen (secondary N) is 1. The van der Waals surface area contributed by atoms with Crippen molar-refractivity contribution in [2.75, 3.05) is 20.1 Å². The van der Waals surface area contributed by atoms with Crippen LogP contribution < -0.4 is 10.8 Å². The van der Waals surface area contributed by atoms with E-state index < -0.39 is 5.60 Å². The van der Waals surface area contributed by atoms with Crippen molar-refractivity contribution >= 4 is 19.4 Å². The Bertz CT molecular complexity index is 444. The third-order valence-corrected chi connectivity index (χ3v) is 2.57. The SMILES string of the molecule is [B]c1cccc(CN(C)CCNC(=O)OC(C)(C)C)c1. The predicted octanol–water partition coefficient (Wildman–Crippen LogP) is 1.44. The summed E-state index contributed by atoms with van der Waals surface area (Å²) < 4.78 is 5.17. The number of alkyl carbamates (subject to hydrolysis) is 1. The Morgan fingerprint density at radius 3 is 2.70 bits per heavy atom. The van der Waals surface area contributed by atoms with E-state index in [9.17, 15) is 4.79 Å². The first-order valence-electron chi connectivity index (χ1n) is 6.76. The first kappa shape index (κ1) is 16.6. The summed E-state index contributed by atoms with van der Waals surface area (Å²) in [6.07, 6.45) is -0.380. The third-order valence-electron chi connectivity index (χ3n) is 2.57. The van der Waals surface area contributed by atoms with Crippen LogP contribution in [0.5, 0.6) is 0 Å². The lowest BCUT2D eigenvalue weighted by molar-refractivity contribution is 0.0523. The first-order valence-corrected chi connectivity index (χ1v) is 6.76. The molecule has 0 unspecified atom stereocenters. The fourth-order valence-electron chi connectivity index (χ4n) is 1.75. The molecule has 0 fully saturated rings. The molecule has 0 saturated carbocycles. The van der Waals surface area contributed by atoms with E-state index in [1.165, 1.54) is 0 Å². The van der Waals surface area contributed by atoms with Gasteiger partial charge in [0.1, 0.15) is 13.4 Å². The summed E-state index contributed by atoms with van der Waals surface area (Å²) in [6.45, 7) is 7.62. The Kier molecular flexibility index (Phi) is 6.08. The average Bonchev–Trinajstić information content (AvgIpc) is 2.26. The molecule has 0 aliphatic carbocycles. The Morgan fingerprint density at radius 2 is 2.10 bits per heavy atom. The summed E-state index contributed by atoms with van der Waals surface area (Å²) in [5, 5.41) is 2.74. The molecule has 0 aliphatic heterocycles. The van der Waals surface area contributed by atoms with Gasteiger partial charge in [-0.25, -0.2) is 4.79 Å². The number of benzene rings is 1. The molecule has 1 aromatic carbocycles. The zero-order chi connectivity index (χ0) is 15.2. The minimum absolute atomic E-state index is 0.380. The van der Waals surface area contributed by atoms with Gasteiger partial charge in [-0.2, -0.15) is 0 Å². The van der Waals surface area contributed by atoms with Crippen molar-refractivity contribution in [3.8, 4) is 0 Å². The van der Waals surface area contributed by atoms with Gasteiger partial charge in [0.05, 0.1) is 0 Å².